The van der Waals surface area contributed by atoms with Crippen LogP contribution in [0.1, 0.15) is 5.56 Å². The molecular formula is C16H17N4O6S+. The lowest BCUT2D eigenvalue weighted by Gasteiger charge is -2.14. The van der Waals surface area contributed by atoms with E-state index >= 15 is 0 Å². The van der Waals surface area contributed by atoms with Crippen LogP contribution in [0.25, 0.3) is 0 Å². The van der Waals surface area contributed by atoms with Crippen LogP contribution < -0.4 is 10.9 Å². The molecule has 0 aliphatic heterocycles. The molecule has 0 amide bonds. The molecule has 27 heavy (non-hydrogen) atoms. The number of hydrogen-bond donors (Lipinski definition) is 2. The first kappa shape index (κ1) is 20.0. The molecule has 0 aliphatic rings. The predicted octanol–water partition coefficient (Wildman–Crippen LogP) is -0.840. The fourth-order valence-electron chi connectivity index (χ4n) is 2.03. The Bertz CT molecular complexity index is 975. The number of hydrogen-bond acceptors (Lipinski definition) is 6. The summed E-state index contributed by atoms with van der Waals surface area (Å²) in [5.74, 6) is -1.05. The Morgan fingerprint density at radius 2 is 1.89 bits per heavy atom. The van der Waals surface area contributed by atoms with Crippen molar-refractivity contribution >= 4 is 27.5 Å². The van der Waals surface area contributed by atoms with Crippen molar-refractivity contribution in [1.82, 2.24) is 4.31 Å². The minimum Gasteiger partial charge on any atom is -0.284 e. The lowest BCUT2D eigenvalue weighted by atomic mass is 10.2. The summed E-state index contributed by atoms with van der Waals surface area (Å²) in [7, 11) is -2.61. The van der Waals surface area contributed by atoms with E-state index in [9.17, 15) is 23.3 Å². The lowest BCUT2D eigenvalue weighted by Crippen LogP contribution is -2.76. The molecule has 3 N–H and O–H groups in total. The number of amidine groups is 1. The Labute approximate surface area is 155 Å². The Morgan fingerprint density at radius 1 is 1.22 bits per heavy atom. The van der Waals surface area contributed by atoms with Crippen molar-refractivity contribution < 1.29 is 28.1 Å². The molecule has 2 aromatic carbocycles. The smallest absolute Gasteiger partial charge is 0.284 e. The maximum absolute atomic E-state index is 12.3. The average molecular weight is 393 g/mol. The van der Waals surface area contributed by atoms with Gasteiger partial charge in [0.25, 0.3) is 5.69 Å². The number of rotatable bonds is 7. The van der Waals surface area contributed by atoms with Crippen molar-refractivity contribution in [2.24, 2.45) is 5.73 Å². The topological polar surface area (TPSA) is 147 Å². The van der Waals surface area contributed by atoms with Crippen LogP contribution in [0, 0.1) is 10.1 Å². The second kappa shape index (κ2) is 8.38. The summed E-state index contributed by atoms with van der Waals surface area (Å²) < 4.78 is 25.5. The zero-order chi connectivity index (χ0) is 20.0. The molecule has 0 aliphatic carbocycles. The van der Waals surface area contributed by atoms with Crippen molar-refractivity contribution in [3.8, 4) is 0 Å². The van der Waals surface area contributed by atoms with Crippen LogP contribution in [-0.2, 0) is 19.7 Å². The number of carbonyl (C=O) groups is 1. The first-order valence-electron chi connectivity index (χ1n) is 7.56. The van der Waals surface area contributed by atoms with E-state index in [1.807, 2.05) is 0 Å². The molecule has 0 fully saturated rings. The van der Waals surface area contributed by atoms with Gasteiger partial charge in [0, 0.05) is 19.2 Å². The van der Waals surface area contributed by atoms with E-state index in [-0.39, 0.29) is 22.0 Å². The van der Waals surface area contributed by atoms with Gasteiger partial charge in [-0.3, -0.25) is 20.7 Å². The van der Waals surface area contributed by atoms with E-state index in [2.05, 4.69) is 5.16 Å². The Balaban J connectivity index is 2.04. The van der Waals surface area contributed by atoms with Crippen molar-refractivity contribution in [2.75, 3.05) is 13.6 Å². The average Bonchev–Trinajstić information content (AvgIpc) is 2.66. The summed E-state index contributed by atoms with van der Waals surface area (Å²) in [6, 6.07) is 13.0. The number of nitrogen functional groups attached to an aromatic ring is 1. The van der Waals surface area contributed by atoms with Crippen LogP contribution in [0.2, 0.25) is 0 Å². The molecule has 0 unspecified atom stereocenters. The highest BCUT2D eigenvalue weighted by Gasteiger charge is 2.24. The highest BCUT2D eigenvalue weighted by Crippen LogP contribution is 2.13. The fraction of sp³-hybridized carbons (Fsp3) is 0.125. The third-order valence-electron chi connectivity index (χ3n) is 3.45. The number of nitrogens with zero attached hydrogens (tertiary/aromatic N) is 2. The number of nitrogens with two attached hydrogens (primary N) is 1. The SMILES string of the molecule is CN(CC(=O)O[NH+]=C(N)c1cccc([N+](=O)[O-])c1)S(=O)(=O)c1ccccc1. The van der Waals surface area contributed by atoms with E-state index in [1.165, 1.54) is 43.4 Å². The van der Waals surface area contributed by atoms with Crippen LogP contribution in [-0.4, -0.2) is 43.0 Å². The molecule has 0 heterocycles. The Hall–Kier alpha value is -3.31. The summed E-state index contributed by atoms with van der Waals surface area (Å²) in [6.45, 7) is -0.563. The number of nitrogens with one attached hydrogen (secondary N) is 1. The number of carbonyl (C=O) groups excluding carboxylic acids is 1. The fourth-order valence-corrected chi connectivity index (χ4v) is 3.17. The van der Waals surface area contributed by atoms with Crippen molar-refractivity contribution in [2.45, 2.75) is 4.90 Å². The molecular weight excluding hydrogens is 376 g/mol. The zero-order valence-corrected chi connectivity index (χ0v) is 15.0. The van der Waals surface area contributed by atoms with E-state index in [4.69, 9.17) is 10.6 Å². The third-order valence-corrected chi connectivity index (χ3v) is 5.26. The van der Waals surface area contributed by atoms with Gasteiger partial charge in [0.1, 0.15) is 6.54 Å². The van der Waals surface area contributed by atoms with Gasteiger partial charge >= 0.3 is 11.8 Å². The predicted molar refractivity (Wildman–Crippen MR) is 94.7 cm³/mol. The van der Waals surface area contributed by atoms with Crippen LogP contribution in [0.5, 0.6) is 0 Å². The highest BCUT2D eigenvalue weighted by molar-refractivity contribution is 7.89. The summed E-state index contributed by atoms with van der Waals surface area (Å²) in [5.41, 5.74) is 5.75. The standard InChI is InChI=1S/C16H16N4O6S/c1-19(27(24,25)14-8-3-2-4-9-14)11-15(21)26-18-16(17)12-6-5-7-13(10-12)20(22)23/h2-10H,11H2,1H3,(H2,17,18)/p+1. The number of sulfonamides is 1. The van der Waals surface area contributed by atoms with Gasteiger partial charge in [0.05, 0.1) is 15.4 Å². The molecule has 2 rings (SSSR count). The molecule has 0 spiro atoms. The maximum atomic E-state index is 12.3. The Kier molecular flexibility index (Phi) is 6.21. The molecule has 142 valence electrons. The van der Waals surface area contributed by atoms with Gasteiger partial charge in [-0.2, -0.15) is 4.31 Å². The van der Waals surface area contributed by atoms with Crippen LogP contribution in [0.15, 0.2) is 59.5 Å². The van der Waals surface area contributed by atoms with E-state index in [0.29, 0.717) is 0 Å². The quantitative estimate of drug-likeness (QED) is 0.205. The molecule has 2 aromatic rings. The molecule has 11 heteroatoms. The third kappa shape index (κ3) is 5.09. The molecule has 0 saturated carbocycles. The minimum atomic E-state index is -3.85. The molecule has 10 nitrogen and oxygen atoms in total. The second-order valence-electron chi connectivity index (χ2n) is 5.37. The minimum absolute atomic E-state index is 0.0379. The van der Waals surface area contributed by atoms with Gasteiger partial charge in [0.15, 0.2) is 0 Å². The first-order valence-corrected chi connectivity index (χ1v) is 9.00. The molecule has 0 bridgehead atoms. The molecule has 0 radical (unpaired) electrons. The number of nitro groups is 1. The van der Waals surface area contributed by atoms with Gasteiger partial charge in [-0.25, -0.2) is 13.2 Å². The van der Waals surface area contributed by atoms with Gasteiger partial charge < -0.3 is 0 Å². The van der Waals surface area contributed by atoms with Gasteiger partial charge in [0.2, 0.25) is 10.0 Å². The number of benzene rings is 2. The van der Waals surface area contributed by atoms with E-state index in [1.54, 1.807) is 18.2 Å². The van der Waals surface area contributed by atoms with E-state index in [0.717, 1.165) is 4.31 Å². The normalized spacial score (nSPS) is 12.0. The summed E-state index contributed by atoms with van der Waals surface area (Å²) >= 11 is 0. The summed E-state index contributed by atoms with van der Waals surface area (Å²) in [4.78, 5) is 26.8. The highest BCUT2D eigenvalue weighted by atomic mass is 32.2. The maximum Gasteiger partial charge on any atom is 0.372 e. The monoisotopic (exact) mass is 393 g/mol. The molecule has 0 aromatic heterocycles. The number of non-ortho nitro benzene ring substituents is 1. The molecule has 0 saturated heterocycles. The number of likely N-dealkylation sites (N-methyl/N-ethyl adjacent to an activating group) is 1. The summed E-state index contributed by atoms with van der Waals surface area (Å²) in [6.07, 6.45) is 0. The van der Waals surface area contributed by atoms with Crippen LogP contribution in [0.3, 0.4) is 0 Å². The number of nitro benzene ring substituents is 1. The lowest BCUT2D eigenvalue weighted by molar-refractivity contribution is -0.723. The van der Waals surface area contributed by atoms with Crippen molar-refractivity contribution in [1.29, 1.82) is 0 Å². The Morgan fingerprint density at radius 3 is 2.52 bits per heavy atom. The van der Waals surface area contributed by atoms with Gasteiger partial charge in [-0.05, 0) is 18.2 Å². The van der Waals surface area contributed by atoms with E-state index < -0.39 is 27.5 Å². The van der Waals surface area contributed by atoms with Crippen LogP contribution in [0.4, 0.5) is 5.69 Å². The van der Waals surface area contributed by atoms with Gasteiger partial charge in [-0.15, -0.1) is 0 Å². The van der Waals surface area contributed by atoms with Crippen molar-refractivity contribution in [3.63, 3.8) is 0 Å². The summed E-state index contributed by atoms with van der Waals surface area (Å²) in [5, 5.41) is 12.9. The zero-order valence-electron chi connectivity index (χ0n) is 14.2. The first-order chi connectivity index (χ1) is 12.7. The largest absolute Gasteiger partial charge is 0.372 e. The van der Waals surface area contributed by atoms with Crippen molar-refractivity contribution in [3.05, 3.63) is 70.3 Å². The van der Waals surface area contributed by atoms with Gasteiger partial charge in [-0.1, -0.05) is 29.4 Å². The second-order valence-corrected chi connectivity index (χ2v) is 7.42. The van der Waals surface area contributed by atoms with Crippen LogP contribution >= 0.6 is 0 Å². The molecule has 0 atom stereocenters.